The average Bonchev–Trinajstić information content (AvgIpc) is 1.87. The molecular weight excluding hydrogens is 193 g/mol. The monoisotopic (exact) mass is 202 g/mol. The van der Waals surface area contributed by atoms with Crippen molar-refractivity contribution in [2.75, 3.05) is 6.54 Å². The summed E-state index contributed by atoms with van der Waals surface area (Å²) in [6.07, 6.45) is -1.28. The van der Waals surface area contributed by atoms with Crippen LogP contribution >= 0.6 is 0 Å². The van der Waals surface area contributed by atoms with E-state index in [0.29, 0.717) is 0 Å². The van der Waals surface area contributed by atoms with Crippen LogP contribution in [-0.4, -0.2) is 29.7 Å². The summed E-state index contributed by atoms with van der Waals surface area (Å²) in [6, 6.07) is 0. The number of aliphatic hydroxyl groups is 1. The molecule has 0 aromatic carbocycles. The molecule has 0 aromatic rings. The standard InChI is InChI=1S/C5H9NO4.Mn/c1-3(7)5(9)10-4(8)2-6;/h3,7H,2,6H2,1H3;. The van der Waals surface area contributed by atoms with Crippen LogP contribution in [0.1, 0.15) is 6.92 Å². The molecule has 0 heterocycles. The largest absolute Gasteiger partial charge is 0.390 e. The van der Waals surface area contributed by atoms with E-state index < -0.39 is 18.0 Å². The molecule has 0 fully saturated rings. The van der Waals surface area contributed by atoms with Crippen molar-refractivity contribution in [3.63, 3.8) is 0 Å². The summed E-state index contributed by atoms with van der Waals surface area (Å²) in [7, 11) is 0. The summed E-state index contributed by atoms with van der Waals surface area (Å²) < 4.78 is 4.01. The molecule has 6 heteroatoms. The number of ether oxygens (including phenoxy) is 1. The minimum atomic E-state index is -1.28. The van der Waals surface area contributed by atoms with Crippen molar-refractivity contribution in [1.82, 2.24) is 0 Å². The van der Waals surface area contributed by atoms with Crippen LogP contribution in [0.5, 0.6) is 0 Å². The quantitative estimate of drug-likeness (QED) is 0.319. The number of carbonyl (C=O) groups excluding carboxylic acids is 2. The zero-order valence-corrected chi connectivity index (χ0v) is 7.09. The number of hydrogen-bond acceptors (Lipinski definition) is 5. The SMILES string of the molecule is CC(O)C(=O)OC(=O)CN.[Mn]. The van der Waals surface area contributed by atoms with E-state index in [1.165, 1.54) is 6.92 Å². The minimum Gasteiger partial charge on any atom is -0.390 e. The van der Waals surface area contributed by atoms with Crippen LogP contribution in [0.2, 0.25) is 0 Å². The number of aliphatic hydroxyl groups excluding tert-OH is 1. The Morgan fingerprint density at radius 3 is 2.36 bits per heavy atom. The first kappa shape index (κ1) is 13.2. The van der Waals surface area contributed by atoms with Gasteiger partial charge in [-0.25, -0.2) is 4.79 Å². The topological polar surface area (TPSA) is 89.6 Å². The molecule has 0 aliphatic carbocycles. The van der Waals surface area contributed by atoms with Crippen LogP contribution in [0.4, 0.5) is 0 Å². The van der Waals surface area contributed by atoms with Crippen LogP contribution < -0.4 is 5.73 Å². The molecule has 0 saturated carbocycles. The Labute approximate surface area is 74.4 Å². The molecule has 1 radical (unpaired) electrons. The molecule has 0 bridgehead atoms. The number of rotatable bonds is 2. The summed E-state index contributed by atoms with van der Waals surface area (Å²) in [6.45, 7) is 0.838. The minimum absolute atomic E-state index is 0. The Morgan fingerprint density at radius 1 is 1.64 bits per heavy atom. The Morgan fingerprint density at radius 2 is 2.09 bits per heavy atom. The molecule has 1 atom stereocenters. The van der Waals surface area contributed by atoms with Gasteiger partial charge in [-0.15, -0.1) is 0 Å². The zero-order chi connectivity index (χ0) is 8.15. The Bertz CT molecular complexity index is 147. The number of carbonyl (C=O) groups is 2. The van der Waals surface area contributed by atoms with E-state index in [4.69, 9.17) is 10.8 Å². The van der Waals surface area contributed by atoms with E-state index in [2.05, 4.69) is 4.74 Å². The van der Waals surface area contributed by atoms with Crippen molar-refractivity contribution in [2.24, 2.45) is 5.73 Å². The predicted octanol–water partition coefficient (Wildman–Crippen LogP) is -1.61. The fourth-order valence-corrected chi connectivity index (χ4v) is 0.239. The summed E-state index contributed by atoms with van der Waals surface area (Å²) >= 11 is 0. The van der Waals surface area contributed by atoms with Gasteiger partial charge < -0.3 is 15.6 Å². The Kier molecular flexibility index (Phi) is 7.55. The fourth-order valence-electron chi connectivity index (χ4n) is 0.239. The molecule has 5 nitrogen and oxygen atoms in total. The second kappa shape index (κ2) is 6.30. The maximum absolute atomic E-state index is 10.4. The van der Waals surface area contributed by atoms with Crippen LogP contribution in [0.15, 0.2) is 0 Å². The van der Waals surface area contributed by atoms with Gasteiger partial charge >= 0.3 is 11.9 Å². The van der Waals surface area contributed by atoms with Crippen molar-refractivity contribution in [2.45, 2.75) is 13.0 Å². The summed E-state index contributed by atoms with van der Waals surface area (Å²) in [5, 5.41) is 8.50. The van der Waals surface area contributed by atoms with Crippen molar-refractivity contribution < 1.29 is 36.5 Å². The van der Waals surface area contributed by atoms with Gasteiger partial charge in [0.1, 0.15) is 6.10 Å². The van der Waals surface area contributed by atoms with E-state index in [1.807, 2.05) is 0 Å². The van der Waals surface area contributed by atoms with Crippen molar-refractivity contribution in [3.8, 4) is 0 Å². The normalized spacial score (nSPS) is 11.2. The molecule has 0 aromatic heterocycles. The molecule has 0 aliphatic heterocycles. The van der Waals surface area contributed by atoms with Crippen LogP contribution in [0.25, 0.3) is 0 Å². The summed E-state index contributed by atoms with van der Waals surface area (Å²) in [4.78, 5) is 20.6. The van der Waals surface area contributed by atoms with Crippen molar-refractivity contribution in [1.29, 1.82) is 0 Å². The van der Waals surface area contributed by atoms with E-state index in [1.54, 1.807) is 0 Å². The fraction of sp³-hybridized carbons (Fsp3) is 0.600. The average molecular weight is 202 g/mol. The number of esters is 2. The maximum Gasteiger partial charge on any atom is 0.342 e. The summed E-state index contributed by atoms with van der Waals surface area (Å²) in [5.41, 5.74) is 4.81. The van der Waals surface area contributed by atoms with Gasteiger partial charge in [0.15, 0.2) is 0 Å². The molecule has 0 saturated heterocycles. The van der Waals surface area contributed by atoms with E-state index in [0.717, 1.165) is 0 Å². The third kappa shape index (κ3) is 6.00. The third-order valence-corrected chi connectivity index (χ3v) is 0.722. The second-order valence-electron chi connectivity index (χ2n) is 1.67. The van der Waals surface area contributed by atoms with Crippen molar-refractivity contribution >= 4 is 11.9 Å². The third-order valence-electron chi connectivity index (χ3n) is 0.722. The molecule has 0 amide bonds. The smallest absolute Gasteiger partial charge is 0.342 e. The van der Waals surface area contributed by atoms with Gasteiger partial charge in [0.05, 0.1) is 6.54 Å². The van der Waals surface area contributed by atoms with Gasteiger partial charge in [0.25, 0.3) is 0 Å². The number of nitrogens with two attached hydrogens (primary N) is 1. The molecule has 0 spiro atoms. The molecular formula is C5H9MnNO4. The zero-order valence-electron chi connectivity index (χ0n) is 5.91. The van der Waals surface area contributed by atoms with Crippen molar-refractivity contribution in [3.05, 3.63) is 0 Å². The van der Waals surface area contributed by atoms with Gasteiger partial charge in [-0.05, 0) is 6.92 Å². The maximum atomic E-state index is 10.4. The van der Waals surface area contributed by atoms with Gasteiger partial charge in [-0.3, -0.25) is 4.79 Å². The number of hydrogen-bond donors (Lipinski definition) is 2. The molecule has 3 N–H and O–H groups in total. The van der Waals surface area contributed by atoms with Gasteiger partial charge in [0, 0.05) is 17.1 Å². The Hall–Kier alpha value is -0.421. The first-order valence-electron chi connectivity index (χ1n) is 2.70. The molecule has 65 valence electrons. The molecule has 11 heavy (non-hydrogen) atoms. The van der Waals surface area contributed by atoms with E-state index in [-0.39, 0.29) is 23.6 Å². The van der Waals surface area contributed by atoms with Crippen LogP contribution in [-0.2, 0) is 31.4 Å². The first-order valence-corrected chi connectivity index (χ1v) is 2.70. The van der Waals surface area contributed by atoms with Crippen LogP contribution in [0.3, 0.4) is 0 Å². The van der Waals surface area contributed by atoms with Gasteiger partial charge in [0.2, 0.25) is 0 Å². The van der Waals surface area contributed by atoms with Gasteiger partial charge in [-0.2, -0.15) is 0 Å². The van der Waals surface area contributed by atoms with E-state index in [9.17, 15) is 9.59 Å². The first-order chi connectivity index (χ1) is 4.57. The summed E-state index contributed by atoms with van der Waals surface area (Å²) in [5.74, 6) is -1.82. The van der Waals surface area contributed by atoms with Gasteiger partial charge in [-0.1, -0.05) is 0 Å². The van der Waals surface area contributed by atoms with Crippen LogP contribution in [0, 0.1) is 0 Å². The Balaban J connectivity index is 0. The molecule has 1 unspecified atom stereocenters. The predicted molar refractivity (Wildman–Crippen MR) is 31.8 cm³/mol. The molecule has 0 aliphatic rings. The molecule has 0 rings (SSSR count). The van der Waals surface area contributed by atoms with E-state index >= 15 is 0 Å². The second-order valence-corrected chi connectivity index (χ2v) is 1.67.